The molecule has 0 radical (unpaired) electrons. The lowest BCUT2D eigenvalue weighted by molar-refractivity contribution is -0.148. The van der Waals surface area contributed by atoms with Gasteiger partial charge < -0.3 is 4.74 Å². The van der Waals surface area contributed by atoms with Gasteiger partial charge in [-0.25, -0.2) is 0 Å². The van der Waals surface area contributed by atoms with E-state index in [0.29, 0.717) is 17.5 Å². The van der Waals surface area contributed by atoms with E-state index in [-0.39, 0.29) is 17.3 Å². The van der Waals surface area contributed by atoms with E-state index in [1.54, 1.807) is 0 Å². The number of ether oxygens (including phenoxy) is 1. The SMILES string of the molecule is CCC(C)OC(=O)C(C(=O)c1c(C)cc(C(C)(C)C)cc1C)c1ccccc1. The molecule has 0 heterocycles. The zero-order valence-electron chi connectivity index (χ0n) is 18.1. The van der Waals surface area contributed by atoms with E-state index in [1.165, 1.54) is 5.56 Å². The number of rotatable bonds is 6. The predicted octanol–water partition coefficient (Wildman–Crippen LogP) is 5.91. The largest absolute Gasteiger partial charge is 0.462 e. The van der Waals surface area contributed by atoms with E-state index in [1.807, 2.05) is 58.0 Å². The molecule has 2 unspecified atom stereocenters. The van der Waals surface area contributed by atoms with E-state index >= 15 is 0 Å². The summed E-state index contributed by atoms with van der Waals surface area (Å²) in [7, 11) is 0. The first-order valence-corrected chi connectivity index (χ1v) is 9.97. The van der Waals surface area contributed by atoms with Crippen LogP contribution in [0.1, 0.15) is 79.6 Å². The Labute approximate surface area is 169 Å². The molecule has 0 spiro atoms. The summed E-state index contributed by atoms with van der Waals surface area (Å²) in [5.41, 5.74) is 4.24. The van der Waals surface area contributed by atoms with Gasteiger partial charge in [-0.1, -0.05) is 70.2 Å². The molecule has 2 aromatic carbocycles. The van der Waals surface area contributed by atoms with Crippen LogP contribution in [0.25, 0.3) is 0 Å². The maximum atomic E-state index is 13.6. The van der Waals surface area contributed by atoms with Gasteiger partial charge in [0.2, 0.25) is 0 Å². The monoisotopic (exact) mass is 380 g/mol. The smallest absolute Gasteiger partial charge is 0.321 e. The summed E-state index contributed by atoms with van der Waals surface area (Å²) in [6.45, 7) is 14.1. The molecule has 0 amide bonds. The topological polar surface area (TPSA) is 43.4 Å². The van der Waals surface area contributed by atoms with Crippen molar-refractivity contribution >= 4 is 11.8 Å². The number of hydrogen-bond acceptors (Lipinski definition) is 3. The Morgan fingerprint density at radius 3 is 2.00 bits per heavy atom. The summed E-state index contributed by atoms with van der Waals surface area (Å²) in [6.07, 6.45) is 0.483. The lowest BCUT2D eigenvalue weighted by atomic mass is 9.81. The average molecular weight is 381 g/mol. The minimum Gasteiger partial charge on any atom is -0.462 e. The second-order valence-electron chi connectivity index (χ2n) is 8.60. The van der Waals surface area contributed by atoms with Crippen molar-refractivity contribution in [1.29, 1.82) is 0 Å². The van der Waals surface area contributed by atoms with Crippen LogP contribution in [-0.4, -0.2) is 17.9 Å². The number of benzene rings is 2. The summed E-state index contributed by atoms with van der Waals surface area (Å²) in [5.74, 6) is -1.63. The lowest BCUT2D eigenvalue weighted by Gasteiger charge is -2.24. The quantitative estimate of drug-likeness (QED) is 0.355. The number of carbonyl (C=O) groups is 2. The second kappa shape index (κ2) is 8.72. The number of carbonyl (C=O) groups excluding carboxylic acids is 2. The first-order valence-electron chi connectivity index (χ1n) is 9.97. The summed E-state index contributed by atoms with van der Waals surface area (Å²) >= 11 is 0. The second-order valence-corrected chi connectivity index (χ2v) is 8.60. The van der Waals surface area contributed by atoms with E-state index in [9.17, 15) is 9.59 Å². The van der Waals surface area contributed by atoms with Crippen LogP contribution in [0.2, 0.25) is 0 Å². The molecule has 0 fully saturated rings. The van der Waals surface area contributed by atoms with Gasteiger partial charge in [-0.3, -0.25) is 9.59 Å². The average Bonchev–Trinajstić information content (AvgIpc) is 2.61. The van der Waals surface area contributed by atoms with Crippen LogP contribution in [0.15, 0.2) is 42.5 Å². The summed E-state index contributed by atoms with van der Waals surface area (Å²) in [6, 6.07) is 13.3. The van der Waals surface area contributed by atoms with Gasteiger partial charge in [-0.05, 0) is 54.9 Å². The third-order valence-electron chi connectivity index (χ3n) is 5.17. The van der Waals surface area contributed by atoms with Gasteiger partial charge in [0.05, 0.1) is 6.10 Å². The number of aryl methyl sites for hydroxylation is 2. The predicted molar refractivity (Wildman–Crippen MR) is 114 cm³/mol. The minimum atomic E-state index is -0.951. The standard InChI is InChI=1S/C25H32O3/c1-8-18(4)28-24(27)22(19-12-10-9-11-13-19)23(26)21-16(2)14-20(15-17(21)3)25(5,6)7/h9-15,18,22H,8H2,1-7H3. The molecule has 3 heteroatoms. The third-order valence-corrected chi connectivity index (χ3v) is 5.17. The molecular weight excluding hydrogens is 348 g/mol. The van der Waals surface area contributed by atoms with Crippen molar-refractivity contribution in [2.45, 2.75) is 72.3 Å². The van der Waals surface area contributed by atoms with Gasteiger partial charge in [0.1, 0.15) is 5.92 Å². The fraction of sp³-hybridized carbons (Fsp3) is 0.440. The highest BCUT2D eigenvalue weighted by Gasteiger charge is 2.33. The van der Waals surface area contributed by atoms with Crippen molar-refractivity contribution < 1.29 is 14.3 Å². The number of esters is 1. The fourth-order valence-corrected chi connectivity index (χ4v) is 3.32. The molecule has 0 aliphatic heterocycles. The first-order chi connectivity index (χ1) is 13.1. The molecule has 0 aromatic heterocycles. The summed E-state index contributed by atoms with van der Waals surface area (Å²) in [4.78, 5) is 26.5. The summed E-state index contributed by atoms with van der Waals surface area (Å²) < 4.78 is 5.56. The van der Waals surface area contributed by atoms with Crippen molar-refractivity contribution in [3.8, 4) is 0 Å². The van der Waals surface area contributed by atoms with E-state index in [4.69, 9.17) is 4.74 Å². The molecule has 0 N–H and O–H groups in total. The molecule has 28 heavy (non-hydrogen) atoms. The third kappa shape index (κ3) is 4.89. The number of Topliss-reactive ketones (excluding diaryl/α,β-unsaturated/α-hetero) is 1. The molecular formula is C25H32O3. The molecule has 0 bridgehead atoms. The molecule has 0 aliphatic carbocycles. The molecule has 3 nitrogen and oxygen atoms in total. The zero-order valence-corrected chi connectivity index (χ0v) is 18.1. The van der Waals surface area contributed by atoms with Crippen LogP contribution in [-0.2, 0) is 14.9 Å². The van der Waals surface area contributed by atoms with Gasteiger partial charge >= 0.3 is 5.97 Å². The fourth-order valence-electron chi connectivity index (χ4n) is 3.32. The van der Waals surface area contributed by atoms with E-state index < -0.39 is 11.9 Å². The van der Waals surface area contributed by atoms with Crippen LogP contribution < -0.4 is 0 Å². The molecule has 0 saturated carbocycles. The highest BCUT2D eigenvalue weighted by Crippen LogP contribution is 2.31. The van der Waals surface area contributed by atoms with Crippen LogP contribution >= 0.6 is 0 Å². The van der Waals surface area contributed by atoms with Gasteiger partial charge in [-0.2, -0.15) is 0 Å². The maximum Gasteiger partial charge on any atom is 0.321 e. The van der Waals surface area contributed by atoms with Crippen LogP contribution in [0.3, 0.4) is 0 Å². The highest BCUT2D eigenvalue weighted by atomic mass is 16.5. The van der Waals surface area contributed by atoms with Crippen molar-refractivity contribution in [3.63, 3.8) is 0 Å². The van der Waals surface area contributed by atoms with Gasteiger partial charge in [-0.15, -0.1) is 0 Å². The lowest BCUT2D eigenvalue weighted by Crippen LogP contribution is -2.28. The van der Waals surface area contributed by atoms with Crippen LogP contribution in [0.4, 0.5) is 0 Å². The first kappa shape index (κ1) is 21.9. The number of ketones is 1. The van der Waals surface area contributed by atoms with Crippen molar-refractivity contribution in [2.75, 3.05) is 0 Å². The summed E-state index contributed by atoms with van der Waals surface area (Å²) in [5, 5.41) is 0. The molecule has 0 saturated heterocycles. The van der Waals surface area contributed by atoms with Crippen LogP contribution in [0.5, 0.6) is 0 Å². The normalized spacial score (nSPS) is 13.7. The zero-order chi connectivity index (χ0) is 21.1. The van der Waals surface area contributed by atoms with Crippen molar-refractivity contribution in [2.24, 2.45) is 0 Å². The molecule has 2 atom stereocenters. The Morgan fingerprint density at radius 2 is 1.54 bits per heavy atom. The highest BCUT2D eigenvalue weighted by molar-refractivity contribution is 6.14. The van der Waals surface area contributed by atoms with E-state index in [2.05, 4.69) is 32.9 Å². The van der Waals surface area contributed by atoms with E-state index in [0.717, 1.165) is 11.1 Å². The Balaban J connectivity index is 2.53. The Bertz CT molecular complexity index is 821. The van der Waals surface area contributed by atoms with Gasteiger partial charge in [0.15, 0.2) is 5.78 Å². The molecule has 2 rings (SSSR count). The Morgan fingerprint density at radius 1 is 1.00 bits per heavy atom. The van der Waals surface area contributed by atoms with Crippen LogP contribution in [0, 0.1) is 13.8 Å². The van der Waals surface area contributed by atoms with Crippen molar-refractivity contribution in [1.82, 2.24) is 0 Å². The van der Waals surface area contributed by atoms with Gasteiger partial charge in [0.25, 0.3) is 0 Å². The minimum absolute atomic E-state index is 0.00851. The number of hydrogen-bond donors (Lipinski definition) is 0. The van der Waals surface area contributed by atoms with Crippen molar-refractivity contribution in [3.05, 3.63) is 70.3 Å². The Hall–Kier alpha value is -2.42. The molecule has 150 valence electrons. The maximum absolute atomic E-state index is 13.6. The van der Waals surface area contributed by atoms with Gasteiger partial charge in [0, 0.05) is 5.56 Å². The molecule has 0 aliphatic rings. The molecule has 2 aromatic rings. The Kier molecular flexibility index (Phi) is 6.82.